The van der Waals surface area contributed by atoms with E-state index in [1.54, 1.807) is 6.92 Å². The number of anilines is 1. The van der Waals surface area contributed by atoms with E-state index >= 15 is 0 Å². The van der Waals surface area contributed by atoms with Gasteiger partial charge < -0.3 is 15.2 Å². The average Bonchev–Trinajstić information content (AvgIpc) is 2.38. The van der Waals surface area contributed by atoms with Crippen molar-refractivity contribution in [3.05, 3.63) is 23.9 Å². The number of ether oxygens (including phenoxy) is 1. The third kappa shape index (κ3) is 3.67. The van der Waals surface area contributed by atoms with Crippen molar-refractivity contribution in [1.29, 1.82) is 0 Å². The Hall–Kier alpha value is -2.11. The van der Waals surface area contributed by atoms with Crippen molar-refractivity contribution in [3.8, 4) is 0 Å². The molecule has 0 saturated carbocycles. The van der Waals surface area contributed by atoms with Crippen LogP contribution < -0.4 is 5.32 Å². The third-order valence-electron chi connectivity index (χ3n) is 2.81. The lowest BCUT2D eigenvalue weighted by Gasteiger charge is -2.26. The second-order valence-electron chi connectivity index (χ2n) is 4.43. The number of nitrogens with zero attached hydrogens (tertiary/aromatic N) is 1. The summed E-state index contributed by atoms with van der Waals surface area (Å²) >= 11 is 0. The minimum absolute atomic E-state index is 0.323. The topological polar surface area (TPSA) is 88.5 Å². The van der Waals surface area contributed by atoms with Crippen LogP contribution in [0, 0.1) is 0 Å². The highest BCUT2D eigenvalue weighted by atomic mass is 16.5. The second kappa shape index (κ2) is 6.17. The van der Waals surface area contributed by atoms with Crippen LogP contribution in [0.3, 0.4) is 0 Å². The van der Waals surface area contributed by atoms with Crippen molar-refractivity contribution in [2.24, 2.45) is 0 Å². The molecule has 1 aromatic rings. The zero-order valence-corrected chi connectivity index (χ0v) is 11.3. The SMILES string of the molecule is CCCC(C)(Nc1cc(C(=O)OC)ccn1)C(=O)O. The van der Waals surface area contributed by atoms with E-state index in [1.165, 1.54) is 25.4 Å². The monoisotopic (exact) mass is 266 g/mol. The molecule has 0 saturated heterocycles. The number of aliphatic carboxylic acids is 1. The van der Waals surface area contributed by atoms with Crippen molar-refractivity contribution < 1.29 is 19.4 Å². The maximum atomic E-state index is 11.4. The van der Waals surface area contributed by atoms with E-state index in [1.807, 2.05) is 6.92 Å². The van der Waals surface area contributed by atoms with Crippen molar-refractivity contribution >= 4 is 17.8 Å². The molecule has 0 aliphatic rings. The van der Waals surface area contributed by atoms with Gasteiger partial charge in [-0.1, -0.05) is 13.3 Å². The van der Waals surface area contributed by atoms with E-state index < -0.39 is 17.5 Å². The van der Waals surface area contributed by atoms with Crippen LogP contribution in [0.5, 0.6) is 0 Å². The van der Waals surface area contributed by atoms with Crippen molar-refractivity contribution in [2.45, 2.75) is 32.2 Å². The number of hydrogen-bond acceptors (Lipinski definition) is 5. The molecule has 1 unspecified atom stereocenters. The van der Waals surface area contributed by atoms with Gasteiger partial charge in [-0.25, -0.2) is 14.6 Å². The molecule has 1 heterocycles. The van der Waals surface area contributed by atoms with E-state index in [0.717, 1.165) is 0 Å². The Bertz CT molecular complexity index is 475. The molecule has 0 aliphatic heterocycles. The molecule has 2 N–H and O–H groups in total. The molecule has 1 rings (SSSR count). The van der Waals surface area contributed by atoms with Gasteiger partial charge in [-0.05, 0) is 25.5 Å². The minimum Gasteiger partial charge on any atom is -0.480 e. The molecule has 0 bridgehead atoms. The van der Waals surface area contributed by atoms with E-state index in [9.17, 15) is 14.7 Å². The predicted molar refractivity (Wildman–Crippen MR) is 70.1 cm³/mol. The number of hydrogen-bond donors (Lipinski definition) is 2. The van der Waals surface area contributed by atoms with Gasteiger partial charge in [0.2, 0.25) is 0 Å². The van der Waals surface area contributed by atoms with Crippen LogP contribution in [0.25, 0.3) is 0 Å². The fraction of sp³-hybridized carbons (Fsp3) is 0.462. The lowest BCUT2D eigenvalue weighted by Crippen LogP contribution is -2.43. The summed E-state index contributed by atoms with van der Waals surface area (Å²) in [6.07, 6.45) is 2.60. The summed E-state index contributed by atoms with van der Waals surface area (Å²) in [7, 11) is 1.29. The van der Waals surface area contributed by atoms with E-state index in [-0.39, 0.29) is 0 Å². The number of methoxy groups -OCH3 is 1. The third-order valence-corrected chi connectivity index (χ3v) is 2.81. The zero-order chi connectivity index (χ0) is 14.5. The number of rotatable bonds is 6. The molecular formula is C13H18N2O4. The molecule has 0 radical (unpaired) electrons. The fourth-order valence-electron chi connectivity index (χ4n) is 1.75. The smallest absolute Gasteiger partial charge is 0.338 e. The number of carbonyl (C=O) groups is 2. The lowest BCUT2D eigenvalue weighted by molar-refractivity contribution is -0.142. The van der Waals surface area contributed by atoms with Crippen LogP contribution >= 0.6 is 0 Å². The molecule has 6 nitrogen and oxygen atoms in total. The number of nitrogens with one attached hydrogen (secondary N) is 1. The molecule has 0 spiro atoms. The summed E-state index contributed by atoms with van der Waals surface area (Å²) in [5, 5.41) is 12.1. The van der Waals surface area contributed by atoms with Crippen LogP contribution in [0.1, 0.15) is 37.0 Å². The van der Waals surface area contributed by atoms with E-state index in [4.69, 9.17) is 0 Å². The summed E-state index contributed by atoms with van der Waals surface area (Å²) in [6.45, 7) is 3.49. The number of pyridine rings is 1. The highest BCUT2D eigenvalue weighted by Crippen LogP contribution is 2.20. The molecule has 1 aromatic heterocycles. The Labute approximate surface area is 111 Å². The summed E-state index contributed by atoms with van der Waals surface area (Å²) in [6, 6.07) is 2.98. The first-order valence-corrected chi connectivity index (χ1v) is 5.99. The Morgan fingerprint density at radius 1 is 1.53 bits per heavy atom. The van der Waals surface area contributed by atoms with Crippen LogP contribution in [0.2, 0.25) is 0 Å². The van der Waals surface area contributed by atoms with Crippen molar-refractivity contribution in [3.63, 3.8) is 0 Å². The van der Waals surface area contributed by atoms with Crippen LogP contribution in [-0.4, -0.2) is 34.7 Å². The number of esters is 1. The largest absolute Gasteiger partial charge is 0.480 e. The average molecular weight is 266 g/mol. The van der Waals surface area contributed by atoms with Crippen LogP contribution in [0.15, 0.2) is 18.3 Å². The number of carbonyl (C=O) groups excluding carboxylic acids is 1. The Morgan fingerprint density at radius 2 is 2.21 bits per heavy atom. The molecule has 6 heteroatoms. The first-order chi connectivity index (χ1) is 8.92. The number of aromatic nitrogens is 1. The summed E-state index contributed by atoms with van der Waals surface area (Å²) in [4.78, 5) is 26.7. The second-order valence-corrected chi connectivity index (χ2v) is 4.43. The highest BCUT2D eigenvalue weighted by molar-refractivity contribution is 5.90. The van der Waals surface area contributed by atoms with E-state index in [2.05, 4.69) is 15.0 Å². The van der Waals surface area contributed by atoms with Crippen LogP contribution in [0.4, 0.5) is 5.82 Å². The first kappa shape index (κ1) is 14.9. The van der Waals surface area contributed by atoms with E-state index in [0.29, 0.717) is 24.2 Å². The van der Waals surface area contributed by atoms with Gasteiger partial charge >= 0.3 is 11.9 Å². The normalized spacial score (nSPS) is 13.4. The first-order valence-electron chi connectivity index (χ1n) is 5.99. The maximum Gasteiger partial charge on any atom is 0.338 e. The lowest BCUT2D eigenvalue weighted by atomic mass is 9.96. The van der Waals surface area contributed by atoms with Gasteiger partial charge in [0, 0.05) is 6.20 Å². The van der Waals surface area contributed by atoms with Gasteiger partial charge in [0.05, 0.1) is 12.7 Å². The predicted octanol–water partition coefficient (Wildman–Crippen LogP) is 1.92. The van der Waals surface area contributed by atoms with Crippen molar-refractivity contribution in [2.75, 3.05) is 12.4 Å². The van der Waals surface area contributed by atoms with Crippen molar-refractivity contribution in [1.82, 2.24) is 4.98 Å². The fourth-order valence-corrected chi connectivity index (χ4v) is 1.75. The van der Waals surface area contributed by atoms with Crippen LogP contribution in [-0.2, 0) is 9.53 Å². The van der Waals surface area contributed by atoms with Gasteiger partial charge in [0.15, 0.2) is 0 Å². The molecule has 104 valence electrons. The Balaban J connectivity index is 2.97. The van der Waals surface area contributed by atoms with Gasteiger partial charge in [-0.3, -0.25) is 0 Å². The molecule has 0 amide bonds. The molecule has 1 atom stereocenters. The standard InChI is InChI=1S/C13H18N2O4/c1-4-6-13(2,12(17)18)15-10-8-9(5-7-14-10)11(16)19-3/h5,7-8H,4,6H2,1-3H3,(H,14,15)(H,17,18). The van der Waals surface area contributed by atoms with Gasteiger partial charge in [0.1, 0.15) is 11.4 Å². The van der Waals surface area contributed by atoms with Gasteiger partial charge in [-0.2, -0.15) is 0 Å². The minimum atomic E-state index is -1.11. The molecule has 0 fully saturated rings. The molecular weight excluding hydrogens is 248 g/mol. The van der Waals surface area contributed by atoms with Gasteiger partial charge in [0.25, 0.3) is 0 Å². The maximum absolute atomic E-state index is 11.4. The summed E-state index contributed by atoms with van der Waals surface area (Å²) < 4.78 is 4.61. The summed E-state index contributed by atoms with van der Waals surface area (Å²) in [5.74, 6) is -1.11. The Morgan fingerprint density at radius 3 is 2.74 bits per heavy atom. The Kier molecular flexibility index (Phi) is 4.86. The molecule has 19 heavy (non-hydrogen) atoms. The van der Waals surface area contributed by atoms with Gasteiger partial charge in [-0.15, -0.1) is 0 Å². The number of carboxylic acid groups (broad SMARTS) is 1. The molecule has 0 aliphatic carbocycles. The quantitative estimate of drug-likeness (QED) is 0.765. The highest BCUT2D eigenvalue weighted by Gasteiger charge is 2.32. The summed E-state index contributed by atoms with van der Waals surface area (Å²) in [5.41, 5.74) is -0.791. The zero-order valence-electron chi connectivity index (χ0n) is 11.3. The molecule has 0 aromatic carbocycles. The number of carboxylic acids is 1.